The summed E-state index contributed by atoms with van der Waals surface area (Å²) in [4.78, 5) is 38.4. The van der Waals surface area contributed by atoms with Gasteiger partial charge in [-0.05, 0) is 24.3 Å². The number of rotatable bonds is 2. The molecule has 0 aliphatic carbocycles. The van der Waals surface area contributed by atoms with Gasteiger partial charge in [0.05, 0.1) is 5.56 Å². The van der Waals surface area contributed by atoms with Crippen LogP contribution in [0.3, 0.4) is 0 Å². The maximum atomic E-state index is 12.7. The molecule has 28 heavy (non-hydrogen) atoms. The van der Waals surface area contributed by atoms with Gasteiger partial charge in [0, 0.05) is 23.8 Å². The maximum absolute atomic E-state index is 12.7. The molecule has 7 heteroatoms. The van der Waals surface area contributed by atoms with Crippen molar-refractivity contribution < 1.29 is 29.3 Å². The van der Waals surface area contributed by atoms with E-state index in [0.29, 0.717) is 5.56 Å². The largest absolute Gasteiger partial charge is 0.507 e. The van der Waals surface area contributed by atoms with Crippen LogP contribution in [0.25, 0.3) is 6.08 Å². The number of aliphatic hydroxyl groups excluding tert-OH is 1. The molecule has 2 aliphatic rings. The molecule has 1 unspecified atom stereocenters. The van der Waals surface area contributed by atoms with Gasteiger partial charge in [-0.25, -0.2) is 4.79 Å². The molecule has 0 radical (unpaired) electrons. The molecule has 4 rings (SSSR count). The number of carbonyl (C=O) groups excluding carboxylic acids is 3. The quantitative estimate of drug-likeness (QED) is 0.359. The van der Waals surface area contributed by atoms with E-state index in [1.54, 1.807) is 30.3 Å². The number of hydrogen-bond acceptors (Lipinski definition) is 6. The molecule has 2 aromatic carbocycles. The van der Waals surface area contributed by atoms with Gasteiger partial charge in [-0.2, -0.15) is 0 Å². The Morgan fingerprint density at radius 1 is 1.04 bits per heavy atom. The highest BCUT2D eigenvalue weighted by atomic mass is 16.5. The molecular formula is C21H15NO6. The minimum atomic E-state index is -1.24. The molecule has 1 saturated heterocycles. The molecule has 7 nitrogen and oxygen atoms in total. The third-order valence-electron chi connectivity index (χ3n) is 4.57. The lowest BCUT2D eigenvalue weighted by molar-refractivity contribution is -0.130. The van der Waals surface area contributed by atoms with Crippen molar-refractivity contribution in [2.75, 3.05) is 0 Å². The molecule has 140 valence electrons. The van der Waals surface area contributed by atoms with Gasteiger partial charge >= 0.3 is 5.97 Å². The molecule has 2 N–H and O–H groups in total. The van der Waals surface area contributed by atoms with Crippen LogP contribution in [-0.2, 0) is 9.59 Å². The molecule has 0 saturated carbocycles. The van der Waals surface area contributed by atoms with Crippen molar-refractivity contribution in [3.05, 3.63) is 77.0 Å². The van der Waals surface area contributed by atoms with Gasteiger partial charge in [-0.3, -0.25) is 14.5 Å². The number of para-hydroxylation sites is 2. The first-order valence-corrected chi connectivity index (χ1v) is 8.52. The number of likely N-dealkylation sites (tertiary alicyclic amines) is 1. The van der Waals surface area contributed by atoms with E-state index in [1.165, 1.54) is 24.3 Å². The van der Waals surface area contributed by atoms with Crippen LogP contribution >= 0.6 is 0 Å². The average molecular weight is 377 g/mol. The maximum Gasteiger partial charge on any atom is 0.349 e. The predicted molar refractivity (Wildman–Crippen MR) is 98.0 cm³/mol. The van der Waals surface area contributed by atoms with Crippen molar-refractivity contribution in [2.24, 2.45) is 0 Å². The third kappa shape index (κ3) is 2.97. The fraction of sp³-hybridized carbons (Fsp3) is 0.0952. The zero-order valence-electron chi connectivity index (χ0n) is 14.5. The van der Waals surface area contributed by atoms with Crippen molar-refractivity contribution in [2.45, 2.75) is 12.6 Å². The van der Waals surface area contributed by atoms with Crippen LogP contribution in [-0.4, -0.2) is 39.0 Å². The molecule has 1 fully saturated rings. The van der Waals surface area contributed by atoms with Gasteiger partial charge < -0.3 is 14.9 Å². The summed E-state index contributed by atoms with van der Waals surface area (Å²) in [5.41, 5.74) is 0.534. The highest BCUT2D eigenvalue weighted by Gasteiger charge is 2.37. The normalized spacial score (nSPS) is 22.0. The first kappa shape index (κ1) is 17.7. The number of carbonyl (C=O) groups is 3. The Hall–Kier alpha value is -3.71. The van der Waals surface area contributed by atoms with Crippen LogP contribution in [0.2, 0.25) is 0 Å². The number of phenolic OH excluding ortho intramolecular Hbond substituents is 1. The number of phenols is 1. The Labute approximate surface area is 159 Å². The van der Waals surface area contributed by atoms with E-state index >= 15 is 0 Å². The molecule has 2 heterocycles. The van der Waals surface area contributed by atoms with Crippen LogP contribution in [0.5, 0.6) is 11.5 Å². The number of aliphatic hydroxyl groups is 1. The minimum Gasteiger partial charge on any atom is -0.507 e. The summed E-state index contributed by atoms with van der Waals surface area (Å²) in [6.45, 7) is 0. The number of nitrogens with zero attached hydrogens (tertiary/aromatic N) is 1. The third-order valence-corrected chi connectivity index (χ3v) is 4.57. The summed E-state index contributed by atoms with van der Waals surface area (Å²) in [5.74, 6) is -1.88. The lowest BCUT2D eigenvalue weighted by Gasteiger charge is -2.20. The van der Waals surface area contributed by atoms with Gasteiger partial charge in [0.1, 0.15) is 23.3 Å². The first-order valence-electron chi connectivity index (χ1n) is 8.52. The predicted octanol–water partition coefficient (Wildman–Crippen LogP) is 2.01. The summed E-state index contributed by atoms with van der Waals surface area (Å²) in [5, 5.41) is 20.1. The molecule has 0 aromatic heterocycles. The zero-order valence-corrected chi connectivity index (χ0v) is 14.5. The minimum absolute atomic E-state index is 0.00302. The molecule has 0 bridgehead atoms. The standard InChI is InChI=1S/C21H15NO6/c23-16-7-3-1-5-12(16)9-13-10-18(24)22(20(13)26)11-15-19(25)14-6-2-4-8-17(14)28-21(15)27/h1-9,11,18,23-24H,10H2/b13-9+,15-11-. The number of fused-ring (bicyclic) bond motifs is 1. The van der Waals surface area contributed by atoms with E-state index in [4.69, 9.17) is 4.74 Å². The molecule has 1 atom stereocenters. The highest BCUT2D eigenvalue weighted by Crippen LogP contribution is 2.31. The summed E-state index contributed by atoms with van der Waals surface area (Å²) < 4.78 is 5.14. The fourth-order valence-corrected chi connectivity index (χ4v) is 3.13. The SMILES string of the molecule is O=C1Oc2ccccc2C(=O)/C1=C/N1C(=O)/C(=C/c2ccccc2O)CC1O. The van der Waals surface area contributed by atoms with Crippen LogP contribution in [0.1, 0.15) is 22.3 Å². The van der Waals surface area contributed by atoms with Gasteiger partial charge in [0.2, 0.25) is 5.78 Å². The molecular weight excluding hydrogens is 362 g/mol. The van der Waals surface area contributed by atoms with Crippen LogP contribution in [0.15, 0.2) is 65.9 Å². The van der Waals surface area contributed by atoms with Gasteiger partial charge in [0.25, 0.3) is 5.91 Å². The Morgan fingerprint density at radius 3 is 2.54 bits per heavy atom. The van der Waals surface area contributed by atoms with E-state index < -0.39 is 23.9 Å². The molecule has 2 aliphatic heterocycles. The number of amides is 1. The van der Waals surface area contributed by atoms with E-state index in [0.717, 1.165) is 11.1 Å². The summed E-state index contributed by atoms with van der Waals surface area (Å²) in [6, 6.07) is 12.8. The number of benzene rings is 2. The number of Topliss-reactive ketones (excluding diaryl/α,β-unsaturated/α-hetero) is 1. The van der Waals surface area contributed by atoms with Crippen molar-refractivity contribution in [1.29, 1.82) is 0 Å². The second kappa shape index (κ2) is 6.79. The Morgan fingerprint density at radius 2 is 1.75 bits per heavy atom. The van der Waals surface area contributed by atoms with Crippen molar-refractivity contribution in [3.63, 3.8) is 0 Å². The Kier molecular flexibility index (Phi) is 4.29. The molecule has 2 aromatic rings. The smallest absolute Gasteiger partial charge is 0.349 e. The zero-order chi connectivity index (χ0) is 19.8. The van der Waals surface area contributed by atoms with Crippen molar-refractivity contribution >= 4 is 23.7 Å². The fourth-order valence-electron chi connectivity index (χ4n) is 3.13. The summed E-state index contributed by atoms with van der Waals surface area (Å²) in [7, 11) is 0. The topological polar surface area (TPSA) is 104 Å². The monoisotopic (exact) mass is 377 g/mol. The average Bonchev–Trinajstić information content (AvgIpc) is 2.94. The summed E-state index contributed by atoms with van der Waals surface area (Å²) in [6.07, 6.45) is 1.24. The van der Waals surface area contributed by atoms with Crippen LogP contribution in [0.4, 0.5) is 0 Å². The Bertz CT molecular complexity index is 1070. The van der Waals surface area contributed by atoms with Gasteiger partial charge in [-0.15, -0.1) is 0 Å². The molecule has 1 amide bonds. The number of hydrogen-bond donors (Lipinski definition) is 2. The van der Waals surface area contributed by atoms with Crippen molar-refractivity contribution in [3.8, 4) is 11.5 Å². The Balaban J connectivity index is 1.67. The number of esters is 1. The van der Waals surface area contributed by atoms with E-state index in [1.807, 2.05) is 0 Å². The number of ketones is 1. The second-order valence-corrected chi connectivity index (χ2v) is 6.38. The van der Waals surface area contributed by atoms with Gasteiger partial charge in [0.15, 0.2) is 0 Å². The van der Waals surface area contributed by atoms with Crippen molar-refractivity contribution in [1.82, 2.24) is 4.90 Å². The number of aromatic hydroxyl groups is 1. The lowest BCUT2D eigenvalue weighted by Crippen LogP contribution is -2.32. The van der Waals surface area contributed by atoms with E-state index in [9.17, 15) is 24.6 Å². The highest BCUT2D eigenvalue weighted by molar-refractivity contribution is 6.27. The first-order chi connectivity index (χ1) is 13.5. The van der Waals surface area contributed by atoms with E-state index in [2.05, 4.69) is 0 Å². The molecule has 0 spiro atoms. The lowest BCUT2D eigenvalue weighted by atomic mass is 10.0. The van der Waals surface area contributed by atoms with Crippen LogP contribution < -0.4 is 4.74 Å². The summed E-state index contributed by atoms with van der Waals surface area (Å²) >= 11 is 0. The van der Waals surface area contributed by atoms with E-state index in [-0.39, 0.29) is 34.6 Å². The van der Waals surface area contributed by atoms with Crippen LogP contribution in [0, 0.1) is 0 Å². The van der Waals surface area contributed by atoms with Gasteiger partial charge in [-0.1, -0.05) is 30.3 Å². The number of ether oxygens (including phenoxy) is 1. The second-order valence-electron chi connectivity index (χ2n) is 6.38.